The van der Waals surface area contributed by atoms with Crippen molar-refractivity contribution in [1.82, 2.24) is 5.16 Å². The number of carboxylic acids is 1. The molecule has 1 atom stereocenters. The number of amides is 1. The smallest absolute Gasteiger partial charge is 0.358 e. The third-order valence-corrected chi connectivity index (χ3v) is 6.09. The number of nitrogens with two attached hydrogens (primary N) is 1. The highest BCUT2D eigenvalue weighted by molar-refractivity contribution is 5.99. The van der Waals surface area contributed by atoms with Crippen LogP contribution in [0.2, 0.25) is 0 Å². The number of rotatable bonds is 4. The van der Waals surface area contributed by atoms with E-state index in [4.69, 9.17) is 20.1 Å². The Morgan fingerprint density at radius 3 is 2.68 bits per heavy atom. The number of hydrogen-bond donors (Lipinski definition) is 2. The van der Waals surface area contributed by atoms with Crippen LogP contribution in [-0.4, -0.2) is 41.8 Å². The molecule has 1 amide bonds. The second-order valence-corrected chi connectivity index (χ2v) is 8.04. The minimum atomic E-state index is -1.11. The molecule has 2 aliphatic rings. The maximum Gasteiger partial charge on any atom is 0.358 e. The predicted octanol–water partition coefficient (Wildman–Crippen LogP) is 2.80. The van der Waals surface area contributed by atoms with Gasteiger partial charge in [0.05, 0.1) is 11.1 Å². The average molecular weight is 419 g/mol. The second-order valence-electron chi connectivity index (χ2n) is 8.04. The molecule has 5 rings (SSSR count). The van der Waals surface area contributed by atoms with Gasteiger partial charge in [0.15, 0.2) is 5.69 Å². The summed E-state index contributed by atoms with van der Waals surface area (Å²) in [6, 6.07) is 14.6. The monoisotopic (exact) mass is 419 g/mol. The van der Waals surface area contributed by atoms with Crippen molar-refractivity contribution in [2.75, 3.05) is 18.6 Å². The highest BCUT2D eigenvalue weighted by atomic mass is 16.5. The number of carboxylic acid groups (broad SMARTS) is 1. The molecule has 0 spiro atoms. The zero-order valence-electron chi connectivity index (χ0n) is 16.9. The fourth-order valence-electron chi connectivity index (χ4n) is 4.10. The summed E-state index contributed by atoms with van der Waals surface area (Å²) >= 11 is 0. The Morgan fingerprint density at radius 1 is 1.19 bits per heavy atom. The topological polar surface area (TPSA) is 119 Å². The molecular weight excluding hydrogens is 398 g/mol. The Balaban J connectivity index is 1.52. The number of aromatic nitrogens is 1. The summed E-state index contributed by atoms with van der Waals surface area (Å²) in [5.74, 6) is -0.117. The third kappa shape index (κ3) is 3.16. The molecule has 2 heterocycles. The minimum Gasteiger partial charge on any atom is -0.489 e. The Labute approximate surface area is 178 Å². The molecule has 3 N–H and O–H groups in total. The van der Waals surface area contributed by atoms with E-state index in [2.05, 4.69) is 11.2 Å². The Bertz CT molecular complexity index is 1200. The molecule has 0 radical (unpaired) electrons. The van der Waals surface area contributed by atoms with Crippen LogP contribution in [0.1, 0.15) is 34.7 Å². The van der Waals surface area contributed by atoms with Crippen molar-refractivity contribution in [3.05, 3.63) is 65.5 Å². The lowest BCUT2D eigenvalue weighted by Crippen LogP contribution is -2.43. The van der Waals surface area contributed by atoms with Crippen LogP contribution < -0.4 is 15.4 Å². The molecule has 8 heteroatoms. The maximum atomic E-state index is 12.4. The molecule has 3 aromatic rings. The molecule has 2 aromatic carbocycles. The summed E-state index contributed by atoms with van der Waals surface area (Å²) < 4.78 is 11.1. The zero-order valence-corrected chi connectivity index (χ0v) is 16.9. The number of likely N-dealkylation sites (N-methyl/N-ethyl adjacent to an activating group) is 1. The van der Waals surface area contributed by atoms with Crippen LogP contribution in [0.15, 0.2) is 53.1 Å². The summed E-state index contributed by atoms with van der Waals surface area (Å²) in [6.45, 7) is 0.142. The molecule has 1 aliphatic carbocycles. The first-order valence-corrected chi connectivity index (χ1v) is 10.0. The Kier molecular flexibility index (Phi) is 4.33. The molecule has 0 saturated heterocycles. The van der Waals surface area contributed by atoms with Gasteiger partial charge in [-0.25, -0.2) is 4.79 Å². The second kappa shape index (κ2) is 6.95. The first-order valence-electron chi connectivity index (χ1n) is 10.0. The van der Waals surface area contributed by atoms with Crippen molar-refractivity contribution in [2.24, 2.45) is 5.73 Å². The van der Waals surface area contributed by atoms with Crippen molar-refractivity contribution < 1.29 is 24.0 Å². The fraction of sp³-hybridized carbons (Fsp3) is 0.261. The third-order valence-electron chi connectivity index (χ3n) is 6.09. The number of hydrogen-bond acceptors (Lipinski definition) is 6. The molecule has 0 unspecified atom stereocenters. The van der Waals surface area contributed by atoms with Gasteiger partial charge in [0.2, 0.25) is 5.91 Å². The van der Waals surface area contributed by atoms with Gasteiger partial charge in [-0.2, -0.15) is 0 Å². The molecule has 1 saturated carbocycles. The van der Waals surface area contributed by atoms with E-state index in [1.54, 1.807) is 7.05 Å². The van der Waals surface area contributed by atoms with E-state index in [1.807, 2.05) is 36.4 Å². The molecule has 1 aromatic heterocycles. The molecular formula is C23H21N3O5. The summed E-state index contributed by atoms with van der Waals surface area (Å²) in [5.41, 5.74) is 9.04. The van der Waals surface area contributed by atoms with Crippen molar-refractivity contribution in [3.63, 3.8) is 0 Å². The Hall–Kier alpha value is -3.65. The zero-order chi connectivity index (χ0) is 21.8. The van der Waals surface area contributed by atoms with Crippen molar-refractivity contribution in [3.8, 4) is 16.9 Å². The van der Waals surface area contributed by atoms with Crippen molar-refractivity contribution in [1.29, 1.82) is 0 Å². The molecule has 1 fully saturated rings. The molecule has 158 valence electrons. The SMILES string of the molecule is CN1C(=O)[C@@H](N)COc2ccc(-c3cccc(C4(c5cc(C(=O)O)no5)CC4)c3)cc21. The summed E-state index contributed by atoms with van der Waals surface area (Å²) in [6.07, 6.45) is 1.72. The van der Waals surface area contributed by atoms with Crippen LogP contribution in [-0.2, 0) is 10.2 Å². The van der Waals surface area contributed by atoms with Gasteiger partial charge >= 0.3 is 5.97 Å². The maximum absolute atomic E-state index is 12.4. The van der Waals surface area contributed by atoms with E-state index in [0.717, 1.165) is 29.5 Å². The van der Waals surface area contributed by atoms with Crippen LogP contribution in [0.3, 0.4) is 0 Å². The van der Waals surface area contributed by atoms with E-state index in [9.17, 15) is 9.59 Å². The number of benzene rings is 2. The van der Waals surface area contributed by atoms with Gasteiger partial charge in [-0.15, -0.1) is 0 Å². The van der Waals surface area contributed by atoms with E-state index in [-0.39, 0.29) is 23.6 Å². The van der Waals surface area contributed by atoms with Gasteiger partial charge in [-0.3, -0.25) is 4.79 Å². The minimum absolute atomic E-state index is 0.0888. The number of ether oxygens (including phenoxy) is 1. The van der Waals surface area contributed by atoms with Crippen LogP contribution in [0, 0.1) is 0 Å². The molecule has 8 nitrogen and oxygen atoms in total. The van der Waals surface area contributed by atoms with E-state index in [0.29, 0.717) is 17.2 Å². The fourth-order valence-corrected chi connectivity index (χ4v) is 4.10. The normalized spacial score (nSPS) is 19.4. The number of carbonyl (C=O) groups excluding carboxylic acids is 1. The van der Waals surface area contributed by atoms with E-state index >= 15 is 0 Å². The van der Waals surface area contributed by atoms with Gasteiger partial charge in [-0.1, -0.05) is 35.5 Å². The van der Waals surface area contributed by atoms with Crippen molar-refractivity contribution >= 4 is 17.6 Å². The molecule has 31 heavy (non-hydrogen) atoms. The summed E-state index contributed by atoms with van der Waals surface area (Å²) in [4.78, 5) is 25.1. The number of aromatic carboxylic acids is 1. The number of carbonyl (C=O) groups is 2. The Morgan fingerprint density at radius 2 is 1.97 bits per heavy atom. The first-order chi connectivity index (χ1) is 14.9. The summed E-state index contributed by atoms with van der Waals surface area (Å²) in [7, 11) is 1.69. The van der Waals surface area contributed by atoms with Crippen molar-refractivity contribution in [2.45, 2.75) is 24.3 Å². The molecule has 1 aliphatic heterocycles. The lowest BCUT2D eigenvalue weighted by Gasteiger charge is -2.19. The lowest BCUT2D eigenvalue weighted by molar-refractivity contribution is -0.119. The van der Waals surface area contributed by atoms with Crippen LogP contribution >= 0.6 is 0 Å². The van der Waals surface area contributed by atoms with Gasteiger partial charge < -0.3 is 25.0 Å². The van der Waals surface area contributed by atoms with E-state index < -0.39 is 12.0 Å². The average Bonchev–Trinajstić information content (AvgIpc) is 3.46. The lowest BCUT2D eigenvalue weighted by atomic mass is 9.90. The number of nitrogens with zero attached hydrogens (tertiary/aromatic N) is 2. The molecule has 0 bridgehead atoms. The summed E-state index contributed by atoms with van der Waals surface area (Å²) in [5, 5.41) is 12.8. The number of anilines is 1. The van der Waals surface area contributed by atoms with Gasteiger partial charge in [0.1, 0.15) is 24.2 Å². The predicted molar refractivity (Wildman–Crippen MR) is 112 cm³/mol. The van der Waals surface area contributed by atoms with Gasteiger partial charge in [0.25, 0.3) is 0 Å². The highest BCUT2D eigenvalue weighted by Crippen LogP contribution is 2.54. The first kappa shape index (κ1) is 19.3. The standard InChI is InChI=1S/C23H21N3O5/c1-26-18-10-14(5-6-19(18)30-12-16(24)21(26)27)13-3-2-4-15(9-13)23(7-8-23)20-11-17(22(28)29)25-31-20/h2-6,9-11,16H,7-8,12,24H2,1H3,(H,28,29)/t16-/m0/s1. The number of fused-ring (bicyclic) bond motifs is 1. The van der Waals surface area contributed by atoms with E-state index in [1.165, 1.54) is 11.0 Å². The highest BCUT2D eigenvalue weighted by Gasteiger charge is 2.49. The van der Waals surface area contributed by atoms with Crippen LogP contribution in [0.25, 0.3) is 11.1 Å². The van der Waals surface area contributed by atoms with Crippen LogP contribution in [0.4, 0.5) is 5.69 Å². The quantitative estimate of drug-likeness (QED) is 0.667. The largest absolute Gasteiger partial charge is 0.489 e. The van der Waals surface area contributed by atoms with Gasteiger partial charge in [-0.05, 0) is 41.7 Å². The van der Waals surface area contributed by atoms with Gasteiger partial charge in [0, 0.05) is 13.1 Å². The van der Waals surface area contributed by atoms with Crippen LogP contribution in [0.5, 0.6) is 5.75 Å².